The van der Waals surface area contributed by atoms with E-state index in [4.69, 9.17) is 0 Å². The Balaban J connectivity index is 1.73. The molecule has 2 aliphatic heterocycles. The summed E-state index contributed by atoms with van der Waals surface area (Å²) in [4.78, 5) is 13.9. The van der Waals surface area contributed by atoms with Gasteiger partial charge in [0.1, 0.15) is 0 Å². The molecule has 4 nitrogen and oxygen atoms in total. The first-order valence-electron chi connectivity index (χ1n) is 6.22. The van der Waals surface area contributed by atoms with Gasteiger partial charge in [0, 0.05) is 55.1 Å². The number of hydrogen-bond donors (Lipinski definition) is 1. The van der Waals surface area contributed by atoms with Gasteiger partial charge in [0.05, 0.1) is 0 Å². The standard InChI is InChI=1S/C11H20IN3O/c12-15-8-4-10(5-9-15)13-11(16)14-6-2-1-3-7-14/h10H,1-9H2,(H,13,16). The van der Waals surface area contributed by atoms with Gasteiger partial charge in [0.2, 0.25) is 0 Å². The van der Waals surface area contributed by atoms with Crippen LogP contribution in [0.5, 0.6) is 0 Å². The normalized spacial score (nSPS) is 24.4. The first-order valence-corrected chi connectivity index (χ1v) is 7.18. The van der Waals surface area contributed by atoms with Gasteiger partial charge in [-0.1, -0.05) is 0 Å². The highest BCUT2D eigenvalue weighted by Crippen LogP contribution is 2.15. The van der Waals surface area contributed by atoms with Gasteiger partial charge in [-0.3, -0.25) is 0 Å². The summed E-state index contributed by atoms with van der Waals surface area (Å²) in [6, 6.07) is 0.548. The number of carbonyl (C=O) groups is 1. The minimum atomic E-state index is 0.159. The molecule has 2 amide bonds. The van der Waals surface area contributed by atoms with E-state index in [1.165, 1.54) is 19.3 Å². The monoisotopic (exact) mass is 337 g/mol. The highest BCUT2D eigenvalue weighted by atomic mass is 127. The molecule has 0 aromatic heterocycles. The molecule has 2 rings (SSSR count). The Kier molecular flexibility index (Phi) is 4.69. The van der Waals surface area contributed by atoms with Crippen LogP contribution >= 0.6 is 22.9 Å². The number of urea groups is 1. The van der Waals surface area contributed by atoms with Crippen LogP contribution in [0.2, 0.25) is 0 Å². The largest absolute Gasteiger partial charge is 0.335 e. The van der Waals surface area contributed by atoms with Crippen LogP contribution in [0.15, 0.2) is 0 Å². The molecule has 0 atom stereocenters. The molecule has 2 aliphatic rings. The first kappa shape index (κ1) is 12.4. The molecule has 0 aromatic carbocycles. The summed E-state index contributed by atoms with van der Waals surface area (Å²) in [5, 5.41) is 3.17. The number of rotatable bonds is 1. The molecular formula is C11H20IN3O. The van der Waals surface area contributed by atoms with Crippen LogP contribution in [0.3, 0.4) is 0 Å². The lowest BCUT2D eigenvalue weighted by Gasteiger charge is -2.32. The molecule has 0 bridgehead atoms. The van der Waals surface area contributed by atoms with E-state index in [1.54, 1.807) is 0 Å². The average molecular weight is 337 g/mol. The minimum Gasteiger partial charge on any atom is -0.335 e. The van der Waals surface area contributed by atoms with Gasteiger partial charge in [-0.15, -0.1) is 0 Å². The molecule has 0 aliphatic carbocycles. The van der Waals surface area contributed by atoms with Gasteiger partial charge < -0.3 is 10.2 Å². The van der Waals surface area contributed by atoms with Gasteiger partial charge >= 0.3 is 6.03 Å². The topological polar surface area (TPSA) is 35.6 Å². The molecule has 2 saturated heterocycles. The van der Waals surface area contributed by atoms with Crippen molar-refractivity contribution in [1.82, 2.24) is 13.3 Å². The molecular weight excluding hydrogens is 317 g/mol. The molecule has 0 aromatic rings. The zero-order chi connectivity index (χ0) is 11.4. The third-order valence-corrected chi connectivity index (χ3v) is 4.38. The Morgan fingerprint density at radius 3 is 2.31 bits per heavy atom. The number of hydrogen-bond acceptors (Lipinski definition) is 2. The van der Waals surface area contributed by atoms with Crippen molar-refractivity contribution in [2.45, 2.75) is 38.1 Å². The summed E-state index contributed by atoms with van der Waals surface area (Å²) >= 11 is 2.35. The van der Waals surface area contributed by atoms with E-state index >= 15 is 0 Å². The Hall–Kier alpha value is -0.0400. The number of amides is 2. The second-order valence-corrected chi connectivity index (χ2v) is 6.05. The van der Waals surface area contributed by atoms with E-state index in [-0.39, 0.29) is 6.03 Å². The number of carbonyl (C=O) groups excluding carboxylic acids is 1. The van der Waals surface area contributed by atoms with Gasteiger partial charge in [-0.05, 0) is 32.1 Å². The number of nitrogens with one attached hydrogen (secondary N) is 1. The second kappa shape index (κ2) is 6.05. The molecule has 2 fully saturated rings. The number of likely N-dealkylation sites (tertiary alicyclic amines) is 1. The van der Waals surface area contributed by atoms with Crippen molar-refractivity contribution in [1.29, 1.82) is 0 Å². The predicted molar refractivity (Wildman–Crippen MR) is 72.6 cm³/mol. The predicted octanol–water partition coefficient (Wildman–Crippen LogP) is 2.00. The van der Waals surface area contributed by atoms with Gasteiger partial charge in [-0.2, -0.15) is 0 Å². The van der Waals surface area contributed by atoms with Crippen molar-refractivity contribution in [3.63, 3.8) is 0 Å². The van der Waals surface area contributed by atoms with E-state index in [0.29, 0.717) is 6.04 Å². The molecule has 16 heavy (non-hydrogen) atoms. The van der Waals surface area contributed by atoms with Crippen molar-refractivity contribution in [3.8, 4) is 0 Å². The third-order valence-electron chi connectivity index (χ3n) is 3.41. The maximum absolute atomic E-state index is 11.9. The number of halogens is 1. The highest BCUT2D eigenvalue weighted by molar-refractivity contribution is 14.1. The van der Waals surface area contributed by atoms with E-state index in [2.05, 4.69) is 31.3 Å². The minimum absolute atomic E-state index is 0.159. The third kappa shape index (κ3) is 3.48. The highest BCUT2D eigenvalue weighted by Gasteiger charge is 2.22. The average Bonchev–Trinajstić information content (AvgIpc) is 2.33. The fourth-order valence-electron chi connectivity index (χ4n) is 2.36. The maximum atomic E-state index is 11.9. The van der Waals surface area contributed by atoms with E-state index in [9.17, 15) is 4.79 Å². The quantitative estimate of drug-likeness (QED) is 0.587. The summed E-state index contributed by atoms with van der Waals surface area (Å²) in [5.74, 6) is 0. The van der Waals surface area contributed by atoms with Crippen LogP contribution in [0.25, 0.3) is 0 Å². The van der Waals surface area contributed by atoms with Crippen molar-refractivity contribution in [2.75, 3.05) is 26.2 Å². The summed E-state index contributed by atoms with van der Waals surface area (Å²) < 4.78 is 2.29. The summed E-state index contributed by atoms with van der Waals surface area (Å²) in [6.07, 6.45) is 5.78. The van der Waals surface area contributed by atoms with Gasteiger partial charge in [-0.25, -0.2) is 7.91 Å². The van der Waals surface area contributed by atoms with Crippen LogP contribution < -0.4 is 5.32 Å². The Morgan fingerprint density at radius 1 is 1.06 bits per heavy atom. The van der Waals surface area contributed by atoms with Gasteiger partial charge in [0.25, 0.3) is 0 Å². The lowest BCUT2D eigenvalue weighted by atomic mass is 10.1. The van der Waals surface area contributed by atoms with Crippen molar-refractivity contribution >= 4 is 28.9 Å². The second-order valence-electron chi connectivity index (χ2n) is 4.68. The molecule has 0 unspecified atom stereocenters. The fraction of sp³-hybridized carbons (Fsp3) is 0.909. The first-order chi connectivity index (χ1) is 7.75. The summed E-state index contributed by atoms with van der Waals surface area (Å²) in [6.45, 7) is 4.06. The summed E-state index contributed by atoms with van der Waals surface area (Å²) in [7, 11) is 0. The number of nitrogens with zero attached hydrogens (tertiary/aromatic N) is 2. The van der Waals surface area contributed by atoms with Crippen LogP contribution in [0.4, 0.5) is 4.79 Å². The summed E-state index contributed by atoms with van der Waals surface area (Å²) in [5.41, 5.74) is 0. The van der Waals surface area contributed by atoms with Crippen LogP contribution in [-0.2, 0) is 0 Å². The fourth-order valence-corrected chi connectivity index (χ4v) is 2.91. The smallest absolute Gasteiger partial charge is 0.317 e. The SMILES string of the molecule is O=C(NC1CCN(I)CC1)N1CCCCC1. The Bertz CT molecular complexity index is 235. The van der Waals surface area contributed by atoms with Crippen LogP contribution in [0.1, 0.15) is 32.1 Å². The Labute approximate surface area is 111 Å². The lowest BCUT2D eigenvalue weighted by Crippen LogP contribution is -2.49. The van der Waals surface area contributed by atoms with Crippen molar-refractivity contribution < 1.29 is 4.79 Å². The molecule has 2 heterocycles. The molecule has 5 heteroatoms. The van der Waals surface area contributed by atoms with Crippen molar-refractivity contribution in [3.05, 3.63) is 0 Å². The Morgan fingerprint density at radius 2 is 1.69 bits per heavy atom. The van der Waals surface area contributed by atoms with E-state index in [0.717, 1.165) is 39.0 Å². The van der Waals surface area contributed by atoms with Crippen LogP contribution in [-0.4, -0.2) is 46.3 Å². The van der Waals surface area contributed by atoms with Crippen molar-refractivity contribution in [2.24, 2.45) is 0 Å². The van der Waals surface area contributed by atoms with Crippen LogP contribution in [0, 0.1) is 0 Å². The molecule has 1 N–H and O–H groups in total. The molecule has 0 saturated carbocycles. The maximum Gasteiger partial charge on any atom is 0.317 e. The zero-order valence-corrected chi connectivity index (χ0v) is 11.8. The van der Waals surface area contributed by atoms with Gasteiger partial charge in [0.15, 0.2) is 0 Å². The zero-order valence-electron chi connectivity index (χ0n) is 9.62. The molecule has 92 valence electrons. The van der Waals surface area contributed by atoms with E-state index < -0.39 is 0 Å². The molecule has 0 radical (unpaired) electrons. The lowest BCUT2D eigenvalue weighted by molar-refractivity contribution is 0.178. The van der Waals surface area contributed by atoms with E-state index in [1.807, 2.05) is 4.90 Å². The number of piperidine rings is 2. The molecule has 0 spiro atoms.